The lowest BCUT2D eigenvalue weighted by Gasteiger charge is -2.23. The van der Waals surface area contributed by atoms with Crippen LogP contribution in [0.4, 0.5) is 5.82 Å². The van der Waals surface area contributed by atoms with Crippen molar-refractivity contribution in [2.24, 2.45) is 5.41 Å². The lowest BCUT2D eigenvalue weighted by atomic mass is 9.92. The van der Waals surface area contributed by atoms with Crippen molar-refractivity contribution in [3.8, 4) is 5.75 Å². The summed E-state index contributed by atoms with van der Waals surface area (Å²) in [7, 11) is 1.64. The molecule has 0 spiro atoms. The molecule has 1 heterocycles. The highest BCUT2D eigenvalue weighted by molar-refractivity contribution is 5.82. The molecule has 0 aliphatic heterocycles. The Morgan fingerprint density at radius 3 is 2.84 bits per heavy atom. The van der Waals surface area contributed by atoms with E-state index in [4.69, 9.17) is 4.74 Å². The SMILES string of the molecule is CCCOc1cccnc1NCC(C)(C)C(=O)NC. The summed E-state index contributed by atoms with van der Waals surface area (Å²) in [5, 5.41) is 5.84. The molecule has 0 bridgehead atoms. The second kappa shape index (κ2) is 6.97. The number of ether oxygens (including phenoxy) is 1. The second-order valence-corrected chi connectivity index (χ2v) is 5.02. The molecule has 1 amide bonds. The highest BCUT2D eigenvalue weighted by Gasteiger charge is 2.26. The zero-order chi connectivity index (χ0) is 14.3. The summed E-state index contributed by atoms with van der Waals surface area (Å²) >= 11 is 0. The van der Waals surface area contributed by atoms with E-state index < -0.39 is 5.41 Å². The summed E-state index contributed by atoms with van der Waals surface area (Å²) in [6.45, 7) is 6.96. The van der Waals surface area contributed by atoms with Gasteiger partial charge in [-0.3, -0.25) is 4.79 Å². The number of nitrogens with zero attached hydrogens (tertiary/aromatic N) is 1. The molecule has 0 fully saturated rings. The third kappa shape index (κ3) is 4.43. The molecule has 0 saturated carbocycles. The van der Waals surface area contributed by atoms with Gasteiger partial charge in [0.05, 0.1) is 12.0 Å². The number of pyridine rings is 1. The standard InChI is InChI=1S/C14H23N3O2/c1-5-9-19-11-7-6-8-16-12(11)17-10-14(2,3)13(18)15-4/h6-8H,5,9-10H2,1-4H3,(H,15,18)(H,16,17). The number of nitrogens with one attached hydrogen (secondary N) is 2. The van der Waals surface area contributed by atoms with Gasteiger partial charge < -0.3 is 15.4 Å². The maximum Gasteiger partial charge on any atom is 0.227 e. The van der Waals surface area contributed by atoms with Gasteiger partial charge in [0.1, 0.15) is 0 Å². The van der Waals surface area contributed by atoms with Crippen LogP contribution in [0.25, 0.3) is 0 Å². The normalized spacial score (nSPS) is 10.9. The molecule has 0 aliphatic carbocycles. The molecular weight excluding hydrogens is 242 g/mol. The summed E-state index contributed by atoms with van der Waals surface area (Å²) in [4.78, 5) is 16.0. The fourth-order valence-electron chi connectivity index (χ4n) is 1.58. The number of hydrogen-bond donors (Lipinski definition) is 2. The van der Waals surface area contributed by atoms with E-state index in [1.165, 1.54) is 0 Å². The molecule has 0 saturated heterocycles. The zero-order valence-electron chi connectivity index (χ0n) is 12.1. The monoisotopic (exact) mass is 265 g/mol. The number of amides is 1. The van der Waals surface area contributed by atoms with Crippen LogP contribution in [0.2, 0.25) is 0 Å². The van der Waals surface area contributed by atoms with Crippen molar-refractivity contribution in [1.82, 2.24) is 10.3 Å². The Morgan fingerprint density at radius 2 is 2.21 bits per heavy atom. The van der Waals surface area contributed by atoms with Crippen LogP contribution in [0.3, 0.4) is 0 Å². The molecule has 0 aromatic carbocycles. The predicted octanol–water partition coefficient (Wildman–Crippen LogP) is 2.05. The van der Waals surface area contributed by atoms with E-state index in [2.05, 4.69) is 22.5 Å². The zero-order valence-corrected chi connectivity index (χ0v) is 12.1. The van der Waals surface area contributed by atoms with E-state index in [0.29, 0.717) is 19.0 Å². The van der Waals surface area contributed by atoms with Gasteiger partial charge in [0.2, 0.25) is 5.91 Å². The number of aromatic nitrogens is 1. The summed E-state index contributed by atoms with van der Waals surface area (Å²) in [5.41, 5.74) is -0.506. The smallest absolute Gasteiger partial charge is 0.227 e. The lowest BCUT2D eigenvalue weighted by molar-refractivity contribution is -0.128. The minimum Gasteiger partial charge on any atom is -0.490 e. The van der Waals surface area contributed by atoms with Crippen LogP contribution >= 0.6 is 0 Å². The van der Waals surface area contributed by atoms with Crippen LogP contribution in [0, 0.1) is 5.41 Å². The first-order valence-electron chi connectivity index (χ1n) is 6.55. The Bertz CT molecular complexity index is 419. The topological polar surface area (TPSA) is 63.2 Å². The summed E-state index contributed by atoms with van der Waals surface area (Å²) in [5.74, 6) is 1.39. The van der Waals surface area contributed by atoms with E-state index in [-0.39, 0.29) is 5.91 Å². The van der Waals surface area contributed by atoms with E-state index in [0.717, 1.165) is 12.2 Å². The number of anilines is 1. The maximum absolute atomic E-state index is 11.7. The molecule has 0 unspecified atom stereocenters. The second-order valence-electron chi connectivity index (χ2n) is 5.02. The molecule has 106 valence electrons. The number of hydrogen-bond acceptors (Lipinski definition) is 4. The lowest BCUT2D eigenvalue weighted by Crippen LogP contribution is -2.39. The van der Waals surface area contributed by atoms with Crippen molar-refractivity contribution >= 4 is 11.7 Å². The minimum absolute atomic E-state index is 0.00745. The average molecular weight is 265 g/mol. The van der Waals surface area contributed by atoms with E-state index in [9.17, 15) is 4.79 Å². The molecule has 0 atom stereocenters. The molecule has 1 aromatic heterocycles. The molecule has 0 radical (unpaired) electrons. The van der Waals surface area contributed by atoms with Gasteiger partial charge in [-0.1, -0.05) is 6.92 Å². The Morgan fingerprint density at radius 1 is 1.47 bits per heavy atom. The third-order valence-corrected chi connectivity index (χ3v) is 2.77. The molecule has 2 N–H and O–H groups in total. The van der Waals surface area contributed by atoms with Crippen LogP contribution in [-0.4, -0.2) is 31.1 Å². The van der Waals surface area contributed by atoms with Crippen LogP contribution in [-0.2, 0) is 4.79 Å². The van der Waals surface area contributed by atoms with Crippen LogP contribution in [0.15, 0.2) is 18.3 Å². The Balaban J connectivity index is 2.69. The molecule has 19 heavy (non-hydrogen) atoms. The van der Waals surface area contributed by atoms with Crippen LogP contribution in [0.1, 0.15) is 27.2 Å². The number of carbonyl (C=O) groups excluding carboxylic acids is 1. The minimum atomic E-state index is -0.506. The van der Waals surface area contributed by atoms with Crippen molar-refractivity contribution in [3.63, 3.8) is 0 Å². The molecule has 5 heteroatoms. The van der Waals surface area contributed by atoms with Crippen LogP contribution < -0.4 is 15.4 Å². The van der Waals surface area contributed by atoms with Gasteiger partial charge in [-0.2, -0.15) is 0 Å². The van der Waals surface area contributed by atoms with Crippen molar-refractivity contribution < 1.29 is 9.53 Å². The fraction of sp³-hybridized carbons (Fsp3) is 0.571. The van der Waals surface area contributed by atoms with Crippen LogP contribution in [0.5, 0.6) is 5.75 Å². The third-order valence-electron chi connectivity index (χ3n) is 2.77. The van der Waals surface area contributed by atoms with Crippen molar-refractivity contribution in [3.05, 3.63) is 18.3 Å². The predicted molar refractivity (Wildman–Crippen MR) is 76.4 cm³/mol. The van der Waals surface area contributed by atoms with Crippen molar-refractivity contribution in [2.75, 3.05) is 25.5 Å². The average Bonchev–Trinajstić information content (AvgIpc) is 2.42. The molecular formula is C14H23N3O2. The van der Waals surface area contributed by atoms with Gasteiger partial charge in [0.15, 0.2) is 11.6 Å². The largest absolute Gasteiger partial charge is 0.490 e. The van der Waals surface area contributed by atoms with Gasteiger partial charge in [0, 0.05) is 19.8 Å². The maximum atomic E-state index is 11.7. The van der Waals surface area contributed by atoms with Crippen molar-refractivity contribution in [1.29, 1.82) is 0 Å². The van der Waals surface area contributed by atoms with E-state index in [1.807, 2.05) is 26.0 Å². The number of rotatable bonds is 7. The molecule has 1 rings (SSSR count). The highest BCUT2D eigenvalue weighted by atomic mass is 16.5. The van der Waals surface area contributed by atoms with Gasteiger partial charge >= 0.3 is 0 Å². The van der Waals surface area contributed by atoms with Gasteiger partial charge in [-0.15, -0.1) is 0 Å². The Hall–Kier alpha value is -1.78. The molecule has 5 nitrogen and oxygen atoms in total. The first-order chi connectivity index (χ1) is 9.01. The molecule has 0 aliphatic rings. The van der Waals surface area contributed by atoms with Crippen molar-refractivity contribution in [2.45, 2.75) is 27.2 Å². The quantitative estimate of drug-likeness (QED) is 0.792. The van der Waals surface area contributed by atoms with Gasteiger partial charge in [-0.25, -0.2) is 4.98 Å². The highest BCUT2D eigenvalue weighted by Crippen LogP contribution is 2.23. The first-order valence-corrected chi connectivity index (χ1v) is 6.55. The van der Waals surface area contributed by atoms with E-state index in [1.54, 1.807) is 13.2 Å². The molecule has 1 aromatic rings. The van der Waals surface area contributed by atoms with Gasteiger partial charge in [0.25, 0.3) is 0 Å². The summed E-state index contributed by atoms with van der Waals surface area (Å²) in [6.07, 6.45) is 2.64. The Labute approximate surface area is 114 Å². The fourth-order valence-corrected chi connectivity index (χ4v) is 1.58. The summed E-state index contributed by atoms with van der Waals surface area (Å²) < 4.78 is 5.61. The summed E-state index contributed by atoms with van der Waals surface area (Å²) in [6, 6.07) is 3.71. The first kappa shape index (κ1) is 15.3. The number of carbonyl (C=O) groups is 1. The van der Waals surface area contributed by atoms with Gasteiger partial charge in [-0.05, 0) is 32.4 Å². The Kier molecular flexibility index (Phi) is 5.60. The van der Waals surface area contributed by atoms with E-state index >= 15 is 0 Å².